The molecule has 2 unspecified atom stereocenters. The molecule has 0 bridgehead atoms. The molecule has 1 aliphatic rings. The van der Waals surface area contributed by atoms with Crippen molar-refractivity contribution in [3.8, 4) is 0 Å². The zero-order valence-corrected chi connectivity index (χ0v) is 12.1. The van der Waals surface area contributed by atoms with Crippen LogP contribution in [0.5, 0.6) is 0 Å². The van der Waals surface area contributed by atoms with Crippen molar-refractivity contribution in [2.24, 2.45) is 5.92 Å². The maximum absolute atomic E-state index is 3.75. The first-order chi connectivity index (χ1) is 8.58. The van der Waals surface area contributed by atoms with Gasteiger partial charge in [0.25, 0.3) is 0 Å². The lowest BCUT2D eigenvalue weighted by atomic mass is 9.77. The van der Waals surface area contributed by atoms with Crippen molar-refractivity contribution in [1.82, 2.24) is 10.2 Å². The normalized spacial score (nSPS) is 19.8. The summed E-state index contributed by atoms with van der Waals surface area (Å²) in [6.07, 6.45) is 1.25. The Morgan fingerprint density at radius 3 is 2.61 bits per heavy atom. The fraction of sp³-hybridized carbons (Fsp3) is 0.625. The Balaban J connectivity index is 1.85. The lowest BCUT2D eigenvalue weighted by molar-refractivity contribution is 0.283. The number of rotatable bonds is 6. The maximum atomic E-state index is 3.75. The van der Waals surface area contributed by atoms with Gasteiger partial charge in [-0.25, -0.2) is 0 Å². The average Bonchev–Trinajstić information content (AvgIpc) is 2.28. The molecule has 1 aromatic rings. The zero-order valence-electron chi connectivity index (χ0n) is 12.1. The van der Waals surface area contributed by atoms with Gasteiger partial charge in [-0.3, -0.25) is 0 Å². The van der Waals surface area contributed by atoms with Crippen LogP contribution in [0.3, 0.4) is 0 Å². The van der Waals surface area contributed by atoms with Crippen LogP contribution >= 0.6 is 0 Å². The molecule has 1 N–H and O–H groups in total. The van der Waals surface area contributed by atoms with E-state index in [0.29, 0.717) is 12.0 Å². The third-order valence-corrected chi connectivity index (χ3v) is 3.95. The van der Waals surface area contributed by atoms with E-state index in [1.807, 2.05) is 0 Å². The van der Waals surface area contributed by atoms with E-state index in [2.05, 4.69) is 62.4 Å². The second-order valence-corrected chi connectivity index (χ2v) is 6.12. The van der Waals surface area contributed by atoms with Crippen molar-refractivity contribution in [3.63, 3.8) is 0 Å². The van der Waals surface area contributed by atoms with E-state index in [4.69, 9.17) is 0 Å². The highest BCUT2D eigenvalue weighted by Crippen LogP contribution is 2.34. The monoisotopic (exact) mass is 246 g/mol. The fourth-order valence-corrected chi connectivity index (χ4v) is 2.74. The summed E-state index contributed by atoms with van der Waals surface area (Å²) >= 11 is 0. The summed E-state index contributed by atoms with van der Waals surface area (Å²) in [5, 5.41) is 3.75. The van der Waals surface area contributed by atoms with Crippen molar-refractivity contribution in [2.75, 3.05) is 27.2 Å². The second-order valence-electron chi connectivity index (χ2n) is 6.12. The lowest BCUT2D eigenvalue weighted by Crippen LogP contribution is -2.44. The molecule has 0 radical (unpaired) electrons. The highest BCUT2D eigenvalue weighted by atomic mass is 15.1. The molecule has 0 saturated carbocycles. The van der Waals surface area contributed by atoms with Gasteiger partial charge < -0.3 is 10.2 Å². The molecule has 2 rings (SSSR count). The Hall–Kier alpha value is -0.860. The van der Waals surface area contributed by atoms with Crippen LogP contribution in [0, 0.1) is 5.92 Å². The van der Waals surface area contributed by atoms with E-state index in [-0.39, 0.29) is 0 Å². The first kappa shape index (κ1) is 13.6. The van der Waals surface area contributed by atoms with Crippen LogP contribution in [0.1, 0.15) is 30.9 Å². The highest BCUT2D eigenvalue weighted by molar-refractivity contribution is 5.40. The molecule has 0 saturated heterocycles. The third-order valence-electron chi connectivity index (χ3n) is 3.95. The zero-order chi connectivity index (χ0) is 13.1. The van der Waals surface area contributed by atoms with Crippen molar-refractivity contribution in [3.05, 3.63) is 35.4 Å². The SMILES string of the molecule is CC(C)C(CN(C)C)NCC1Cc2ccccc21. The molecule has 0 heterocycles. The molecule has 1 aliphatic carbocycles. The van der Waals surface area contributed by atoms with Gasteiger partial charge in [0.1, 0.15) is 0 Å². The van der Waals surface area contributed by atoms with E-state index in [1.165, 1.54) is 12.0 Å². The van der Waals surface area contributed by atoms with Crippen LogP contribution in [0.4, 0.5) is 0 Å². The Morgan fingerprint density at radius 2 is 2.00 bits per heavy atom. The highest BCUT2D eigenvalue weighted by Gasteiger charge is 2.26. The van der Waals surface area contributed by atoms with Gasteiger partial charge in [-0.2, -0.15) is 0 Å². The summed E-state index contributed by atoms with van der Waals surface area (Å²) in [7, 11) is 4.30. The van der Waals surface area contributed by atoms with Crippen molar-refractivity contribution in [2.45, 2.75) is 32.2 Å². The van der Waals surface area contributed by atoms with E-state index < -0.39 is 0 Å². The molecule has 0 amide bonds. The predicted molar refractivity (Wildman–Crippen MR) is 78.1 cm³/mol. The molecule has 0 aliphatic heterocycles. The van der Waals surface area contributed by atoms with E-state index in [0.717, 1.165) is 19.0 Å². The number of hydrogen-bond donors (Lipinski definition) is 1. The van der Waals surface area contributed by atoms with Gasteiger partial charge in [0.05, 0.1) is 0 Å². The molecule has 2 nitrogen and oxygen atoms in total. The first-order valence-electron chi connectivity index (χ1n) is 7.04. The van der Waals surface area contributed by atoms with Gasteiger partial charge in [-0.05, 0) is 37.6 Å². The number of nitrogens with zero attached hydrogens (tertiary/aromatic N) is 1. The number of fused-ring (bicyclic) bond motifs is 1. The summed E-state index contributed by atoms with van der Waals surface area (Å²) in [4.78, 5) is 2.27. The largest absolute Gasteiger partial charge is 0.312 e. The molecule has 100 valence electrons. The molecule has 18 heavy (non-hydrogen) atoms. The van der Waals surface area contributed by atoms with Crippen LogP contribution in [0.25, 0.3) is 0 Å². The number of hydrogen-bond acceptors (Lipinski definition) is 2. The van der Waals surface area contributed by atoms with Crippen LogP contribution in [0.15, 0.2) is 24.3 Å². The Kier molecular flexibility index (Phi) is 4.41. The molecule has 2 atom stereocenters. The predicted octanol–water partition coefficient (Wildman–Crippen LogP) is 2.50. The molecule has 0 spiro atoms. The Bertz CT molecular complexity index is 384. The Labute approximate surface area is 111 Å². The second kappa shape index (κ2) is 5.85. The van der Waals surface area contributed by atoms with Gasteiger partial charge in [0.15, 0.2) is 0 Å². The summed E-state index contributed by atoms with van der Waals surface area (Å²) < 4.78 is 0. The van der Waals surface area contributed by atoms with Gasteiger partial charge in [0.2, 0.25) is 0 Å². The molecule has 0 fully saturated rings. The molecule has 0 aromatic heterocycles. The molecule has 2 heteroatoms. The minimum Gasteiger partial charge on any atom is -0.312 e. The van der Waals surface area contributed by atoms with Gasteiger partial charge >= 0.3 is 0 Å². The van der Waals surface area contributed by atoms with Crippen molar-refractivity contribution in [1.29, 1.82) is 0 Å². The number of likely N-dealkylation sites (N-methyl/N-ethyl adjacent to an activating group) is 1. The Morgan fingerprint density at radius 1 is 1.28 bits per heavy atom. The van der Waals surface area contributed by atoms with E-state index in [1.54, 1.807) is 5.56 Å². The van der Waals surface area contributed by atoms with Gasteiger partial charge in [-0.15, -0.1) is 0 Å². The lowest BCUT2D eigenvalue weighted by Gasteiger charge is -2.33. The van der Waals surface area contributed by atoms with Crippen LogP contribution in [-0.2, 0) is 6.42 Å². The summed E-state index contributed by atoms with van der Waals surface area (Å²) in [6, 6.07) is 9.43. The number of nitrogens with one attached hydrogen (secondary N) is 1. The average molecular weight is 246 g/mol. The standard InChI is InChI=1S/C16H26N2/c1-12(2)16(11-18(3)4)17-10-14-9-13-7-5-6-8-15(13)14/h5-8,12,14,16-17H,9-11H2,1-4H3. The van der Waals surface area contributed by atoms with Crippen LogP contribution in [-0.4, -0.2) is 38.1 Å². The summed E-state index contributed by atoms with van der Waals surface area (Å²) in [6.45, 7) is 6.84. The molecular weight excluding hydrogens is 220 g/mol. The van der Waals surface area contributed by atoms with Crippen LogP contribution in [0.2, 0.25) is 0 Å². The van der Waals surface area contributed by atoms with Crippen LogP contribution < -0.4 is 5.32 Å². The minimum atomic E-state index is 0.591. The number of benzene rings is 1. The summed E-state index contributed by atoms with van der Waals surface area (Å²) in [5.41, 5.74) is 3.09. The quantitative estimate of drug-likeness (QED) is 0.829. The van der Waals surface area contributed by atoms with E-state index in [9.17, 15) is 0 Å². The molecule has 1 aromatic carbocycles. The maximum Gasteiger partial charge on any atom is 0.0217 e. The minimum absolute atomic E-state index is 0.591. The van der Waals surface area contributed by atoms with Gasteiger partial charge in [0, 0.05) is 25.0 Å². The smallest absolute Gasteiger partial charge is 0.0217 e. The fourth-order valence-electron chi connectivity index (χ4n) is 2.74. The first-order valence-corrected chi connectivity index (χ1v) is 7.04. The summed E-state index contributed by atoms with van der Waals surface area (Å²) in [5.74, 6) is 1.41. The van der Waals surface area contributed by atoms with E-state index >= 15 is 0 Å². The van der Waals surface area contributed by atoms with Crippen molar-refractivity contribution >= 4 is 0 Å². The van der Waals surface area contributed by atoms with Crippen molar-refractivity contribution < 1.29 is 0 Å². The third kappa shape index (κ3) is 3.12. The topological polar surface area (TPSA) is 15.3 Å². The van der Waals surface area contributed by atoms with Gasteiger partial charge in [-0.1, -0.05) is 38.1 Å². The molecular formula is C16H26N2.